The molecule has 10 nitrogen and oxygen atoms in total. The van der Waals surface area contributed by atoms with Gasteiger partial charge in [0, 0.05) is 44.0 Å². The fourth-order valence-corrected chi connectivity index (χ4v) is 4.62. The van der Waals surface area contributed by atoms with Crippen molar-refractivity contribution in [3.05, 3.63) is 11.8 Å². The van der Waals surface area contributed by atoms with Gasteiger partial charge in [0.2, 0.25) is 5.95 Å². The molecule has 3 heterocycles. The Morgan fingerprint density at radius 2 is 1.73 bits per heavy atom. The number of piperidine rings is 1. The first kappa shape index (κ1) is 24.0. The summed E-state index contributed by atoms with van der Waals surface area (Å²) < 4.78 is 29.6. The van der Waals surface area contributed by atoms with Crippen molar-refractivity contribution in [3.63, 3.8) is 0 Å². The molecule has 1 atom stereocenters. The highest BCUT2D eigenvalue weighted by atomic mass is 32.2. The van der Waals surface area contributed by atoms with Crippen LogP contribution in [0.15, 0.2) is 6.07 Å². The molecule has 2 amide bonds. The topological polar surface area (TPSA) is 117 Å². The van der Waals surface area contributed by atoms with Crippen LogP contribution in [-0.4, -0.2) is 81.6 Å². The van der Waals surface area contributed by atoms with Crippen molar-refractivity contribution in [2.24, 2.45) is 0 Å². The number of aromatic nitrogens is 2. The third-order valence-corrected chi connectivity index (χ3v) is 9.00. The number of carbonyl (C=O) groups is 1. The van der Waals surface area contributed by atoms with Crippen molar-refractivity contribution >= 4 is 27.6 Å². The lowest BCUT2D eigenvalue weighted by Gasteiger charge is -2.37. The van der Waals surface area contributed by atoms with Crippen molar-refractivity contribution in [1.29, 1.82) is 0 Å². The molecule has 4 rings (SSSR count). The predicted molar refractivity (Wildman–Crippen MR) is 127 cm³/mol. The smallest absolute Gasteiger partial charge is 0.315 e. The van der Waals surface area contributed by atoms with E-state index in [9.17, 15) is 13.2 Å². The van der Waals surface area contributed by atoms with Crippen LogP contribution >= 0.6 is 0 Å². The second kappa shape index (κ2) is 9.25. The summed E-state index contributed by atoms with van der Waals surface area (Å²) in [5.41, 5.74) is 0.493. The van der Waals surface area contributed by atoms with Crippen molar-refractivity contribution in [2.75, 3.05) is 48.9 Å². The second-order valence-electron chi connectivity index (χ2n) is 9.96. The van der Waals surface area contributed by atoms with E-state index in [1.807, 2.05) is 6.07 Å². The normalized spacial score (nSPS) is 22.8. The molecule has 1 saturated carbocycles. The van der Waals surface area contributed by atoms with Crippen LogP contribution in [0.4, 0.5) is 16.6 Å². The maximum Gasteiger partial charge on any atom is 0.315 e. The molecule has 3 fully saturated rings. The van der Waals surface area contributed by atoms with E-state index in [0.717, 1.165) is 31.5 Å². The van der Waals surface area contributed by atoms with E-state index >= 15 is 0 Å². The monoisotopic (exact) mass is 480 g/mol. The number of hydrogen-bond donors (Lipinski definition) is 2. The Hall–Kier alpha value is -2.14. The summed E-state index contributed by atoms with van der Waals surface area (Å²) in [6.07, 6.45) is 4.94. The van der Waals surface area contributed by atoms with Crippen LogP contribution in [-0.2, 0) is 19.3 Å². The maximum atomic E-state index is 12.6. The average molecular weight is 481 g/mol. The number of anilines is 2. The van der Waals surface area contributed by atoms with Gasteiger partial charge in [0.25, 0.3) is 0 Å². The number of nitrogens with one attached hydrogen (secondary N) is 2. The van der Waals surface area contributed by atoms with Gasteiger partial charge in [-0.3, -0.25) is 0 Å². The third-order valence-electron chi connectivity index (χ3n) is 6.93. The molecule has 3 aliphatic rings. The number of urea groups is 1. The van der Waals surface area contributed by atoms with Gasteiger partial charge in [-0.2, -0.15) is 4.98 Å². The number of nitrogens with zero attached hydrogens (tertiary/aromatic N) is 4. The van der Waals surface area contributed by atoms with Gasteiger partial charge in [-0.1, -0.05) is 0 Å². The highest BCUT2D eigenvalue weighted by Crippen LogP contribution is 2.32. The molecule has 2 N–H and O–H groups in total. The summed E-state index contributed by atoms with van der Waals surface area (Å²) in [6, 6.07) is 2.29. The minimum atomic E-state index is -3.40. The van der Waals surface area contributed by atoms with Gasteiger partial charge in [-0.15, -0.1) is 0 Å². The van der Waals surface area contributed by atoms with Crippen LogP contribution in [0.5, 0.6) is 0 Å². The molecular formula is C22H36N6O4S. The SMILES string of the molecule is C[C@H]1COCCN1c1cc(C(C)(C)S(C)(=O)=O)nc(N2CCC(NC(=O)NC3CC3)CC2)n1. The molecule has 33 heavy (non-hydrogen) atoms. The first-order valence-electron chi connectivity index (χ1n) is 11.8. The van der Waals surface area contributed by atoms with Gasteiger partial charge < -0.3 is 25.2 Å². The standard InChI is InChI=1S/C22H36N6O4S/c1-15-14-32-12-11-28(15)19-13-18(22(2,3)33(4,30)31)25-20(26-19)27-9-7-17(8-10-27)24-21(29)23-16-5-6-16/h13,15-17H,5-12,14H2,1-4H3,(H2,23,24,29)/t15-/m0/s1. The molecule has 1 aromatic heterocycles. The van der Waals surface area contributed by atoms with Crippen LogP contribution in [0.3, 0.4) is 0 Å². The van der Waals surface area contributed by atoms with Crippen LogP contribution in [0.2, 0.25) is 0 Å². The Kier molecular flexibility index (Phi) is 6.73. The van der Waals surface area contributed by atoms with Gasteiger partial charge in [-0.25, -0.2) is 18.2 Å². The summed E-state index contributed by atoms with van der Waals surface area (Å²) in [4.78, 5) is 25.9. The van der Waals surface area contributed by atoms with Crippen molar-refractivity contribution in [2.45, 2.75) is 69.3 Å². The Balaban J connectivity index is 1.54. The number of rotatable bonds is 6. The molecule has 0 bridgehead atoms. The van der Waals surface area contributed by atoms with E-state index in [2.05, 4.69) is 27.4 Å². The zero-order valence-corrected chi connectivity index (χ0v) is 20.8. The first-order chi connectivity index (χ1) is 15.5. The predicted octanol–water partition coefficient (Wildman–Crippen LogP) is 1.41. The van der Waals surface area contributed by atoms with Gasteiger partial charge >= 0.3 is 6.03 Å². The minimum absolute atomic E-state index is 0.0901. The number of hydrogen-bond acceptors (Lipinski definition) is 8. The molecule has 1 aliphatic carbocycles. The molecule has 0 aromatic carbocycles. The molecule has 2 aliphatic heterocycles. The summed E-state index contributed by atoms with van der Waals surface area (Å²) in [7, 11) is -3.40. The fraction of sp³-hybridized carbons (Fsp3) is 0.773. The van der Waals surface area contributed by atoms with E-state index in [1.54, 1.807) is 13.8 Å². The minimum Gasteiger partial charge on any atom is -0.377 e. The number of ether oxygens (including phenoxy) is 1. The van der Waals surface area contributed by atoms with E-state index < -0.39 is 14.6 Å². The molecule has 184 valence electrons. The van der Waals surface area contributed by atoms with Gasteiger partial charge in [-0.05, 0) is 46.5 Å². The zero-order chi connectivity index (χ0) is 23.8. The second-order valence-corrected chi connectivity index (χ2v) is 12.5. The lowest BCUT2D eigenvalue weighted by atomic mass is 10.1. The van der Waals surface area contributed by atoms with Crippen LogP contribution < -0.4 is 20.4 Å². The Bertz CT molecular complexity index is 973. The average Bonchev–Trinajstić information content (AvgIpc) is 3.57. The van der Waals surface area contributed by atoms with Gasteiger partial charge in [0.1, 0.15) is 10.6 Å². The lowest BCUT2D eigenvalue weighted by Crippen LogP contribution is -2.49. The highest BCUT2D eigenvalue weighted by Gasteiger charge is 2.36. The molecule has 11 heteroatoms. The summed E-state index contributed by atoms with van der Waals surface area (Å²) >= 11 is 0. The van der Waals surface area contributed by atoms with Crippen molar-refractivity contribution < 1.29 is 17.9 Å². The van der Waals surface area contributed by atoms with Crippen LogP contribution in [0, 0.1) is 0 Å². The highest BCUT2D eigenvalue weighted by molar-refractivity contribution is 7.91. The van der Waals surface area contributed by atoms with Crippen molar-refractivity contribution in [3.8, 4) is 0 Å². The largest absolute Gasteiger partial charge is 0.377 e. The van der Waals surface area contributed by atoms with E-state index in [4.69, 9.17) is 14.7 Å². The summed E-state index contributed by atoms with van der Waals surface area (Å²) in [6.45, 7) is 8.74. The molecule has 0 spiro atoms. The van der Waals surface area contributed by atoms with Crippen LogP contribution in [0.25, 0.3) is 0 Å². The Morgan fingerprint density at radius 3 is 2.30 bits per heavy atom. The van der Waals surface area contributed by atoms with E-state index in [0.29, 0.717) is 50.5 Å². The third kappa shape index (κ3) is 5.51. The van der Waals surface area contributed by atoms with E-state index in [1.165, 1.54) is 6.26 Å². The first-order valence-corrected chi connectivity index (χ1v) is 13.7. The van der Waals surface area contributed by atoms with E-state index in [-0.39, 0.29) is 18.1 Å². The quantitative estimate of drug-likeness (QED) is 0.628. The van der Waals surface area contributed by atoms with Crippen molar-refractivity contribution in [1.82, 2.24) is 20.6 Å². The van der Waals surface area contributed by atoms with Gasteiger partial charge in [0.05, 0.1) is 24.9 Å². The summed E-state index contributed by atoms with van der Waals surface area (Å²) in [5.74, 6) is 1.27. The molecule has 0 radical (unpaired) electrons. The Morgan fingerprint density at radius 1 is 1.09 bits per heavy atom. The Labute approximate surface area is 196 Å². The van der Waals surface area contributed by atoms with Gasteiger partial charge in [0.15, 0.2) is 9.84 Å². The molecule has 0 unspecified atom stereocenters. The lowest BCUT2D eigenvalue weighted by molar-refractivity contribution is 0.0985. The molecule has 1 aromatic rings. The zero-order valence-electron chi connectivity index (χ0n) is 20.0. The number of sulfone groups is 1. The number of amides is 2. The maximum absolute atomic E-state index is 12.6. The molecule has 2 saturated heterocycles. The molecular weight excluding hydrogens is 444 g/mol. The number of morpholine rings is 1. The number of carbonyl (C=O) groups excluding carboxylic acids is 1. The fourth-order valence-electron chi connectivity index (χ4n) is 4.14. The summed E-state index contributed by atoms with van der Waals surface area (Å²) in [5, 5.41) is 6.04. The van der Waals surface area contributed by atoms with Crippen LogP contribution in [0.1, 0.15) is 52.1 Å².